The van der Waals surface area contributed by atoms with Crippen LogP contribution in [0.15, 0.2) is 12.1 Å². The van der Waals surface area contributed by atoms with E-state index in [0.29, 0.717) is 6.04 Å². The fourth-order valence-electron chi connectivity index (χ4n) is 1.42. The van der Waals surface area contributed by atoms with Crippen LogP contribution in [-0.2, 0) is 6.42 Å². The number of quaternary nitrogens is 1. The van der Waals surface area contributed by atoms with E-state index in [2.05, 4.69) is 35.2 Å². The molecule has 1 aromatic carbocycles. The highest BCUT2D eigenvalue weighted by atomic mass is 127. The van der Waals surface area contributed by atoms with Crippen LogP contribution in [0.1, 0.15) is 12.5 Å². The minimum atomic E-state index is 0.385. The lowest BCUT2D eigenvalue weighted by molar-refractivity contribution is -0.413. The number of ether oxygens (including phenoxy) is 2. The van der Waals surface area contributed by atoms with Crippen molar-refractivity contribution >= 4 is 22.6 Å². The summed E-state index contributed by atoms with van der Waals surface area (Å²) in [7, 11) is 3.34. The summed E-state index contributed by atoms with van der Waals surface area (Å²) >= 11 is 2.30. The molecule has 0 saturated carbocycles. The summed E-state index contributed by atoms with van der Waals surface area (Å²) in [4.78, 5) is 0. The molecule has 0 aliphatic rings. The van der Waals surface area contributed by atoms with Gasteiger partial charge in [-0.15, -0.1) is 0 Å². The Hall–Kier alpha value is -0.490. The lowest BCUT2D eigenvalue weighted by atomic mass is 10.1. The minimum Gasteiger partial charge on any atom is -0.497 e. The molecule has 0 heterocycles. The van der Waals surface area contributed by atoms with E-state index in [1.165, 1.54) is 5.56 Å². The van der Waals surface area contributed by atoms with Gasteiger partial charge >= 0.3 is 0 Å². The van der Waals surface area contributed by atoms with Gasteiger partial charge in [0.25, 0.3) is 0 Å². The van der Waals surface area contributed by atoms with Crippen molar-refractivity contribution in [3.05, 3.63) is 21.3 Å². The third kappa shape index (κ3) is 3.24. The second-order valence-electron chi connectivity index (χ2n) is 3.61. The van der Waals surface area contributed by atoms with Gasteiger partial charge in [0.05, 0.1) is 23.8 Å². The summed E-state index contributed by atoms with van der Waals surface area (Å²) in [6, 6.07) is 4.33. The van der Waals surface area contributed by atoms with Gasteiger partial charge in [-0.25, -0.2) is 0 Å². The lowest BCUT2D eigenvalue weighted by Crippen LogP contribution is -2.60. The van der Waals surface area contributed by atoms with Crippen molar-refractivity contribution in [3.8, 4) is 11.5 Å². The number of hydrogen-bond donors (Lipinski definition) is 1. The van der Waals surface area contributed by atoms with E-state index in [1.807, 2.05) is 12.1 Å². The molecule has 84 valence electrons. The molecule has 1 atom stereocenters. The van der Waals surface area contributed by atoms with Gasteiger partial charge in [-0.05, 0) is 41.1 Å². The first kappa shape index (κ1) is 12.6. The largest absolute Gasteiger partial charge is 0.497 e. The molecule has 0 aliphatic heterocycles. The topological polar surface area (TPSA) is 46.1 Å². The van der Waals surface area contributed by atoms with Crippen LogP contribution >= 0.6 is 22.6 Å². The average Bonchev–Trinajstić information content (AvgIpc) is 2.20. The van der Waals surface area contributed by atoms with E-state index in [0.717, 1.165) is 21.5 Å². The molecule has 0 fully saturated rings. The van der Waals surface area contributed by atoms with Crippen LogP contribution < -0.4 is 15.2 Å². The van der Waals surface area contributed by atoms with E-state index < -0.39 is 0 Å². The van der Waals surface area contributed by atoms with Crippen molar-refractivity contribution < 1.29 is 15.2 Å². The zero-order valence-electron chi connectivity index (χ0n) is 9.34. The first-order valence-electron chi connectivity index (χ1n) is 4.82. The van der Waals surface area contributed by atoms with Crippen LogP contribution in [0, 0.1) is 3.57 Å². The molecule has 0 radical (unpaired) electrons. The van der Waals surface area contributed by atoms with Crippen LogP contribution in [0.3, 0.4) is 0 Å². The van der Waals surface area contributed by atoms with E-state index in [9.17, 15) is 0 Å². The molecule has 3 N–H and O–H groups in total. The SMILES string of the molecule is COc1cc(CC(C)[NH3+])c(I)c(OC)c1. The van der Waals surface area contributed by atoms with Crippen molar-refractivity contribution in [1.82, 2.24) is 0 Å². The summed E-state index contributed by atoms with van der Waals surface area (Å²) < 4.78 is 11.7. The van der Waals surface area contributed by atoms with Gasteiger partial charge in [0, 0.05) is 12.5 Å². The fourth-order valence-corrected chi connectivity index (χ4v) is 2.17. The van der Waals surface area contributed by atoms with Crippen molar-refractivity contribution in [2.75, 3.05) is 14.2 Å². The highest BCUT2D eigenvalue weighted by Crippen LogP contribution is 2.30. The number of methoxy groups -OCH3 is 2. The molecule has 0 bridgehead atoms. The van der Waals surface area contributed by atoms with Crippen LogP contribution in [0.2, 0.25) is 0 Å². The van der Waals surface area contributed by atoms with Gasteiger partial charge in [0.1, 0.15) is 11.5 Å². The maximum atomic E-state index is 5.30. The number of halogens is 1. The van der Waals surface area contributed by atoms with E-state index in [-0.39, 0.29) is 0 Å². The maximum absolute atomic E-state index is 5.30. The molecular weight excluding hydrogens is 305 g/mol. The smallest absolute Gasteiger partial charge is 0.136 e. The van der Waals surface area contributed by atoms with Gasteiger partial charge in [0.15, 0.2) is 0 Å². The van der Waals surface area contributed by atoms with Crippen LogP contribution in [0.4, 0.5) is 0 Å². The zero-order chi connectivity index (χ0) is 11.4. The van der Waals surface area contributed by atoms with Gasteiger partial charge in [-0.1, -0.05) is 0 Å². The Kier molecular flexibility index (Phi) is 4.66. The van der Waals surface area contributed by atoms with E-state index >= 15 is 0 Å². The van der Waals surface area contributed by atoms with E-state index in [4.69, 9.17) is 9.47 Å². The molecule has 1 aromatic rings. The second-order valence-corrected chi connectivity index (χ2v) is 4.69. The molecule has 0 amide bonds. The summed E-state index contributed by atoms with van der Waals surface area (Å²) in [6.45, 7) is 2.10. The molecule has 0 aromatic heterocycles. The normalized spacial score (nSPS) is 12.3. The molecule has 15 heavy (non-hydrogen) atoms. The molecule has 4 heteroatoms. The Morgan fingerprint density at radius 3 is 2.47 bits per heavy atom. The van der Waals surface area contributed by atoms with Crippen LogP contribution in [-0.4, -0.2) is 20.3 Å². The van der Waals surface area contributed by atoms with Gasteiger partial charge in [-0.2, -0.15) is 0 Å². The average molecular weight is 322 g/mol. The molecule has 1 unspecified atom stereocenters. The Balaban J connectivity index is 3.12. The van der Waals surface area contributed by atoms with Crippen molar-refractivity contribution in [3.63, 3.8) is 0 Å². The lowest BCUT2D eigenvalue weighted by Gasteiger charge is -2.12. The van der Waals surface area contributed by atoms with Gasteiger partial charge < -0.3 is 15.2 Å². The van der Waals surface area contributed by atoms with E-state index in [1.54, 1.807) is 14.2 Å². The third-order valence-electron chi connectivity index (χ3n) is 2.11. The summed E-state index contributed by atoms with van der Waals surface area (Å²) in [5, 5.41) is 0. The van der Waals surface area contributed by atoms with Crippen LogP contribution in [0.25, 0.3) is 0 Å². The van der Waals surface area contributed by atoms with Crippen LogP contribution in [0.5, 0.6) is 11.5 Å². The molecule has 3 nitrogen and oxygen atoms in total. The van der Waals surface area contributed by atoms with Crippen molar-refractivity contribution in [2.24, 2.45) is 0 Å². The quantitative estimate of drug-likeness (QED) is 0.854. The van der Waals surface area contributed by atoms with Gasteiger partial charge in [-0.3, -0.25) is 0 Å². The fraction of sp³-hybridized carbons (Fsp3) is 0.455. The number of benzene rings is 1. The first-order chi connectivity index (χ1) is 7.08. The van der Waals surface area contributed by atoms with Gasteiger partial charge in [0.2, 0.25) is 0 Å². The summed E-state index contributed by atoms with van der Waals surface area (Å²) in [5.41, 5.74) is 5.23. The Bertz CT molecular complexity index is 340. The first-order valence-corrected chi connectivity index (χ1v) is 5.89. The Labute approximate surface area is 104 Å². The predicted octanol–water partition coefficient (Wildman–Crippen LogP) is 1.48. The van der Waals surface area contributed by atoms with Crippen molar-refractivity contribution in [2.45, 2.75) is 19.4 Å². The molecule has 1 rings (SSSR count). The number of hydrogen-bond acceptors (Lipinski definition) is 2. The molecule has 0 spiro atoms. The van der Waals surface area contributed by atoms with Crippen molar-refractivity contribution in [1.29, 1.82) is 0 Å². The highest BCUT2D eigenvalue weighted by Gasteiger charge is 2.12. The monoisotopic (exact) mass is 322 g/mol. The zero-order valence-corrected chi connectivity index (χ0v) is 11.5. The summed E-state index contributed by atoms with van der Waals surface area (Å²) in [5.74, 6) is 1.70. The second kappa shape index (κ2) is 5.55. The highest BCUT2D eigenvalue weighted by molar-refractivity contribution is 14.1. The molecular formula is C11H17INO2+. The summed E-state index contributed by atoms with van der Waals surface area (Å²) in [6.07, 6.45) is 0.936. The Morgan fingerprint density at radius 1 is 1.33 bits per heavy atom. The minimum absolute atomic E-state index is 0.385. The Morgan fingerprint density at radius 2 is 2.00 bits per heavy atom. The molecule has 0 aliphatic carbocycles. The predicted molar refractivity (Wildman–Crippen MR) is 68.3 cm³/mol. The number of rotatable bonds is 4. The molecule has 0 saturated heterocycles. The third-order valence-corrected chi connectivity index (χ3v) is 3.34. The maximum Gasteiger partial charge on any atom is 0.136 e. The standard InChI is InChI=1S/C11H16INO2/c1-7(13)4-8-5-9(14-2)6-10(15-3)11(8)12/h5-7H,4,13H2,1-3H3/p+1.